The highest BCUT2D eigenvalue weighted by Crippen LogP contribution is 2.55. The minimum absolute atomic E-state index is 0.000617. The van der Waals surface area contributed by atoms with Crippen LogP contribution in [-0.4, -0.2) is 18.4 Å². The Morgan fingerprint density at radius 2 is 1.96 bits per heavy atom. The van der Waals surface area contributed by atoms with Crippen molar-refractivity contribution in [3.63, 3.8) is 0 Å². The van der Waals surface area contributed by atoms with Gasteiger partial charge in [0.1, 0.15) is 0 Å². The number of amides is 2. The highest BCUT2D eigenvalue weighted by molar-refractivity contribution is 5.75. The molecule has 0 aromatic heterocycles. The first-order chi connectivity index (χ1) is 11.3. The van der Waals surface area contributed by atoms with Gasteiger partial charge in [-0.25, -0.2) is 4.79 Å². The Balaban J connectivity index is 1.31. The molecule has 1 aromatic carbocycles. The maximum absolute atomic E-state index is 13.0. The molecule has 0 radical (unpaired) electrons. The van der Waals surface area contributed by atoms with Crippen LogP contribution in [0, 0.1) is 5.41 Å². The van der Waals surface area contributed by atoms with Crippen molar-refractivity contribution in [3.8, 4) is 11.5 Å². The molecule has 2 saturated carbocycles. The van der Waals surface area contributed by atoms with Crippen molar-refractivity contribution in [1.82, 2.24) is 10.6 Å². The van der Waals surface area contributed by atoms with Gasteiger partial charge in [0.15, 0.2) is 11.5 Å². The number of urea groups is 1. The molecule has 1 atom stereocenters. The quantitative estimate of drug-likeness (QED) is 0.883. The van der Waals surface area contributed by atoms with Gasteiger partial charge in [-0.15, -0.1) is 8.78 Å². The van der Waals surface area contributed by atoms with Crippen LogP contribution in [0.5, 0.6) is 11.5 Å². The summed E-state index contributed by atoms with van der Waals surface area (Å²) in [4.78, 5) is 12.1. The lowest BCUT2D eigenvalue weighted by atomic mass is 9.54. The number of rotatable bonds is 3. The zero-order chi connectivity index (χ0) is 16.9. The molecule has 24 heavy (non-hydrogen) atoms. The summed E-state index contributed by atoms with van der Waals surface area (Å²) < 4.78 is 34.9. The molecule has 1 unspecified atom stereocenters. The van der Waals surface area contributed by atoms with E-state index in [0.29, 0.717) is 11.0 Å². The predicted molar refractivity (Wildman–Crippen MR) is 82.0 cm³/mol. The van der Waals surface area contributed by atoms with Crippen molar-refractivity contribution in [2.24, 2.45) is 5.41 Å². The molecule has 3 aliphatic rings. The fraction of sp³-hybridized carbons (Fsp3) is 0.588. The van der Waals surface area contributed by atoms with Crippen molar-refractivity contribution in [1.29, 1.82) is 0 Å². The first-order valence-corrected chi connectivity index (χ1v) is 8.31. The third-order valence-electron chi connectivity index (χ3n) is 5.38. The molecular weight excluding hydrogens is 318 g/mol. The summed E-state index contributed by atoms with van der Waals surface area (Å²) in [5, 5.41) is 5.82. The number of hydrogen-bond acceptors (Lipinski definition) is 3. The molecule has 0 bridgehead atoms. The second-order valence-corrected chi connectivity index (χ2v) is 7.17. The molecular formula is C17H20F2N2O3. The van der Waals surface area contributed by atoms with Crippen LogP contribution in [0.2, 0.25) is 0 Å². The minimum Gasteiger partial charge on any atom is -0.395 e. The molecule has 1 heterocycles. The van der Waals surface area contributed by atoms with E-state index in [1.54, 1.807) is 13.0 Å². The minimum atomic E-state index is -3.63. The second kappa shape index (κ2) is 5.22. The predicted octanol–water partition coefficient (Wildman–Crippen LogP) is 3.70. The fourth-order valence-electron chi connectivity index (χ4n) is 3.91. The van der Waals surface area contributed by atoms with Crippen molar-refractivity contribution in [2.75, 3.05) is 0 Å². The largest absolute Gasteiger partial charge is 0.586 e. The Kier molecular flexibility index (Phi) is 3.37. The van der Waals surface area contributed by atoms with E-state index in [1.165, 1.54) is 31.4 Å². The van der Waals surface area contributed by atoms with E-state index in [2.05, 4.69) is 20.1 Å². The molecule has 1 aliphatic heterocycles. The summed E-state index contributed by atoms with van der Waals surface area (Å²) in [7, 11) is 0. The van der Waals surface area contributed by atoms with Gasteiger partial charge in [0.2, 0.25) is 0 Å². The lowest BCUT2D eigenvalue weighted by Gasteiger charge is -2.54. The van der Waals surface area contributed by atoms with E-state index in [1.807, 2.05) is 0 Å². The number of carbonyl (C=O) groups is 1. The lowest BCUT2D eigenvalue weighted by Crippen LogP contribution is -2.55. The van der Waals surface area contributed by atoms with Crippen LogP contribution in [0.1, 0.15) is 50.6 Å². The summed E-state index contributed by atoms with van der Waals surface area (Å²) >= 11 is 0. The molecule has 0 saturated heterocycles. The lowest BCUT2D eigenvalue weighted by molar-refractivity contribution is -0.286. The Morgan fingerprint density at radius 3 is 2.62 bits per heavy atom. The fourth-order valence-corrected chi connectivity index (χ4v) is 3.91. The van der Waals surface area contributed by atoms with Gasteiger partial charge in [-0.2, -0.15) is 0 Å². The molecule has 130 valence electrons. The maximum Gasteiger partial charge on any atom is 0.586 e. The topological polar surface area (TPSA) is 59.6 Å². The zero-order valence-electron chi connectivity index (χ0n) is 13.4. The van der Waals surface area contributed by atoms with Crippen LogP contribution in [0.3, 0.4) is 0 Å². The number of halogens is 2. The summed E-state index contributed by atoms with van der Waals surface area (Å²) in [6, 6.07) is 4.21. The van der Waals surface area contributed by atoms with E-state index in [4.69, 9.17) is 0 Å². The number of nitrogens with one attached hydrogen (secondary N) is 2. The van der Waals surface area contributed by atoms with Gasteiger partial charge in [-0.1, -0.05) is 12.5 Å². The summed E-state index contributed by atoms with van der Waals surface area (Å²) in [6.07, 6.45) is 2.37. The molecule has 1 aromatic rings. The SMILES string of the molecule is CC(NC(=O)NC1CC2(CCC2)C1)c1ccc2c(c1)OC(F)(F)O2. The van der Waals surface area contributed by atoms with Crippen LogP contribution in [-0.2, 0) is 0 Å². The Bertz CT molecular complexity index is 668. The highest BCUT2D eigenvalue weighted by atomic mass is 19.3. The molecule has 7 heteroatoms. The molecule has 5 nitrogen and oxygen atoms in total. The van der Waals surface area contributed by atoms with Gasteiger partial charge in [0.25, 0.3) is 0 Å². The average Bonchev–Trinajstić information content (AvgIpc) is 2.72. The van der Waals surface area contributed by atoms with Crippen molar-refractivity contribution < 1.29 is 23.0 Å². The molecule has 2 fully saturated rings. The number of ether oxygens (including phenoxy) is 2. The summed E-state index contributed by atoms with van der Waals surface area (Å²) in [5.41, 5.74) is 1.18. The maximum atomic E-state index is 13.0. The van der Waals surface area contributed by atoms with E-state index >= 15 is 0 Å². The Morgan fingerprint density at radius 1 is 1.25 bits per heavy atom. The second-order valence-electron chi connectivity index (χ2n) is 7.17. The van der Waals surface area contributed by atoms with E-state index < -0.39 is 6.29 Å². The molecule has 2 aliphatic carbocycles. The smallest absolute Gasteiger partial charge is 0.395 e. The van der Waals surface area contributed by atoms with Gasteiger partial charge >= 0.3 is 12.3 Å². The van der Waals surface area contributed by atoms with Gasteiger partial charge in [-0.05, 0) is 55.7 Å². The first kappa shape index (κ1) is 15.5. The normalized spacial score (nSPS) is 24.0. The standard InChI is InChI=1S/C17H20F2N2O3/c1-10(11-3-4-13-14(7-11)24-17(18,19)23-13)20-15(22)21-12-8-16(9-12)5-2-6-16/h3-4,7,10,12H,2,5-6,8-9H2,1H3,(H2,20,21,22). The third kappa shape index (κ3) is 2.76. The van der Waals surface area contributed by atoms with Crippen LogP contribution >= 0.6 is 0 Å². The van der Waals surface area contributed by atoms with Crippen LogP contribution < -0.4 is 20.1 Å². The highest BCUT2D eigenvalue weighted by Gasteiger charge is 2.48. The Hall–Kier alpha value is -2.05. The zero-order valence-corrected chi connectivity index (χ0v) is 13.4. The summed E-state index contributed by atoms with van der Waals surface area (Å²) in [6.45, 7) is 1.80. The molecule has 2 amide bonds. The van der Waals surface area contributed by atoms with Crippen LogP contribution in [0.15, 0.2) is 18.2 Å². The summed E-state index contributed by atoms with van der Waals surface area (Å²) in [5.74, 6) is -0.0156. The molecule has 1 spiro atoms. The van der Waals surface area contributed by atoms with E-state index in [0.717, 1.165) is 12.8 Å². The van der Waals surface area contributed by atoms with E-state index in [9.17, 15) is 13.6 Å². The third-order valence-corrected chi connectivity index (χ3v) is 5.38. The number of carbonyl (C=O) groups excluding carboxylic acids is 1. The van der Waals surface area contributed by atoms with Gasteiger partial charge in [0, 0.05) is 6.04 Å². The first-order valence-electron chi connectivity index (χ1n) is 8.31. The number of fused-ring (bicyclic) bond motifs is 1. The monoisotopic (exact) mass is 338 g/mol. The van der Waals surface area contributed by atoms with Crippen molar-refractivity contribution in [3.05, 3.63) is 23.8 Å². The van der Waals surface area contributed by atoms with Gasteiger partial charge in [0.05, 0.1) is 6.04 Å². The number of hydrogen-bond donors (Lipinski definition) is 2. The Labute approximate surface area is 138 Å². The van der Waals surface area contributed by atoms with Crippen LogP contribution in [0.4, 0.5) is 13.6 Å². The van der Waals surface area contributed by atoms with Crippen molar-refractivity contribution in [2.45, 2.75) is 57.4 Å². The van der Waals surface area contributed by atoms with Crippen LogP contribution in [0.25, 0.3) is 0 Å². The van der Waals surface area contributed by atoms with E-state index in [-0.39, 0.29) is 29.6 Å². The molecule has 2 N–H and O–H groups in total. The van der Waals surface area contributed by atoms with Gasteiger partial charge < -0.3 is 20.1 Å². The van der Waals surface area contributed by atoms with Crippen molar-refractivity contribution >= 4 is 6.03 Å². The number of benzene rings is 1. The average molecular weight is 338 g/mol. The number of alkyl halides is 2. The van der Waals surface area contributed by atoms with Gasteiger partial charge in [-0.3, -0.25) is 0 Å². The molecule has 4 rings (SSSR count).